The van der Waals surface area contributed by atoms with Crippen molar-refractivity contribution >= 4 is 0 Å². The average Bonchev–Trinajstić information content (AvgIpc) is 2.96. The van der Waals surface area contributed by atoms with Crippen LogP contribution in [0.4, 0.5) is 0 Å². The molecule has 2 heterocycles. The van der Waals surface area contributed by atoms with E-state index in [1.807, 2.05) is 18.3 Å². The van der Waals surface area contributed by atoms with E-state index in [9.17, 15) is 5.26 Å². The molecule has 1 aromatic heterocycles. The maximum Gasteiger partial charge on any atom is 0.166 e. The molecule has 4 heteroatoms. The van der Waals surface area contributed by atoms with Crippen LogP contribution in [-0.2, 0) is 12.0 Å². The van der Waals surface area contributed by atoms with E-state index in [2.05, 4.69) is 29.7 Å². The number of aromatic nitrogens is 1. The molecule has 0 N–H and O–H groups in total. The van der Waals surface area contributed by atoms with Gasteiger partial charge in [-0.2, -0.15) is 5.26 Å². The quantitative estimate of drug-likeness (QED) is 0.869. The third-order valence-corrected chi connectivity index (χ3v) is 4.40. The summed E-state index contributed by atoms with van der Waals surface area (Å²) in [7, 11) is 3.30. The van der Waals surface area contributed by atoms with Gasteiger partial charge in [-0.3, -0.25) is 0 Å². The van der Waals surface area contributed by atoms with Crippen molar-refractivity contribution in [3.05, 3.63) is 47.3 Å². The SMILES string of the molecule is COc1ccc2c(c1OC)Cn1cccc1C2(C)CC#N. The second kappa shape index (κ2) is 4.85. The van der Waals surface area contributed by atoms with Gasteiger partial charge in [0.25, 0.3) is 0 Å². The molecular formula is C17H18N2O2. The van der Waals surface area contributed by atoms with Gasteiger partial charge in [0.2, 0.25) is 0 Å². The number of hydrogen-bond acceptors (Lipinski definition) is 3. The molecule has 3 rings (SSSR count). The van der Waals surface area contributed by atoms with Gasteiger partial charge in [0.15, 0.2) is 11.5 Å². The highest BCUT2D eigenvalue weighted by atomic mass is 16.5. The lowest BCUT2D eigenvalue weighted by Gasteiger charge is -2.36. The number of methoxy groups -OCH3 is 2. The summed E-state index contributed by atoms with van der Waals surface area (Å²) in [5, 5.41) is 9.28. The maximum absolute atomic E-state index is 9.28. The predicted octanol–water partition coefficient (Wildman–Crippen LogP) is 3.09. The Morgan fingerprint density at radius 1 is 1.29 bits per heavy atom. The minimum atomic E-state index is -0.328. The zero-order chi connectivity index (χ0) is 15.0. The van der Waals surface area contributed by atoms with Crippen molar-refractivity contribution in [2.75, 3.05) is 14.2 Å². The van der Waals surface area contributed by atoms with Gasteiger partial charge < -0.3 is 14.0 Å². The van der Waals surface area contributed by atoms with Crippen molar-refractivity contribution in [3.63, 3.8) is 0 Å². The monoisotopic (exact) mass is 282 g/mol. The minimum Gasteiger partial charge on any atom is -0.493 e. The highest BCUT2D eigenvalue weighted by Crippen LogP contribution is 2.46. The van der Waals surface area contributed by atoms with E-state index in [1.54, 1.807) is 14.2 Å². The van der Waals surface area contributed by atoms with E-state index in [0.717, 1.165) is 29.2 Å². The third-order valence-electron chi connectivity index (χ3n) is 4.40. The molecular weight excluding hydrogens is 264 g/mol. The van der Waals surface area contributed by atoms with Crippen LogP contribution in [0, 0.1) is 11.3 Å². The van der Waals surface area contributed by atoms with Crippen molar-refractivity contribution in [2.24, 2.45) is 0 Å². The highest BCUT2D eigenvalue weighted by Gasteiger charge is 2.38. The summed E-state index contributed by atoms with van der Waals surface area (Å²) < 4.78 is 13.2. The lowest BCUT2D eigenvalue weighted by molar-refractivity contribution is 0.346. The maximum atomic E-state index is 9.28. The molecule has 0 saturated heterocycles. The number of nitriles is 1. The van der Waals surface area contributed by atoms with Crippen LogP contribution in [-0.4, -0.2) is 18.8 Å². The van der Waals surface area contributed by atoms with Crippen molar-refractivity contribution in [1.29, 1.82) is 5.26 Å². The zero-order valence-electron chi connectivity index (χ0n) is 12.5. The molecule has 0 fully saturated rings. The normalized spacial score (nSPS) is 19.3. The first-order chi connectivity index (χ1) is 10.2. The van der Waals surface area contributed by atoms with Gasteiger partial charge in [0.1, 0.15) is 0 Å². The van der Waals surface area contributed by atoms with Crippen LogP contribution in [0.15, 0.2) is 30.5 Å². The number of ether oxygens (including phenoxy) is 2. The van der Waals surface area contributed by atoms with Crippen molar-refractivity contribution in [1.82, 2.24) is 4.57 Å². The van der Waals surface area contributed by atoms with E-state index in [1.165, 1.54) is 5.69 Å². The molecule has 1 unspecified atom stereocenters. The van der Waals surface area contributed by atoms with Crippen molar-refractivity contribution in [3.8, 4) is 17.6 Å². The molecule has 2 aromatic rings. The molecule has 1 atom stereocenters. The first-order valence-electron chi connectivity index (χ1n) is 6.92. The second-order valence-electron chi connectivity index (χ2n) is 5.52. The lowest BCUT2D eigenvalue weighted by Crippen LogP contribution is -2.33. The first kappa shape index (κ1) is 13.6. The van der Waals surface area contributed by atoms with E-state index in [4.69, 9.17) is 9.47 Å². The van der Waals surface area contributed by atoms with E-state index in [-0.39, 0.29) is 5.41 Å². The molecule has 4 nitrogen and oxygen atoms in total. The summed E-state index contributed by atoms with van der Waals surface area (Å²) in [5.41, 5.74) is 3.08. The Kier molecular flexibility index (Phi) is 3.13. The summed E-state index contributed by atoms with van der Waals surface area (Å²) in [6.07, 6.45) is 2.48. The lowest BCUT2D eigenvalue weighted by atomic mass is 9.73. The van der Waals surface area contributed by atoms with Crippen LogP contribution in [0.5, 0.6) is 11.5 Å². The number of rotatable bonds is 3. The van der Waals surface area contributed by atoms with Crippen LogP contribution in [0.3, 0.4) is 0 Å². The van der Waals surface area contributed by atoms with Crippen LogP contribution < -0.4 is 9.47 Å². The van der Waals surface area contributed by atoms with Gasteiger partial charge in [0.05, 0.1) is 33.3 Å². The van der Waals surface area contributed by atoms with Crippen LogP contribution in [0.2, 0.25) is 0 Å². The second-order valence-corrected chi connectivity index (χ2v) is 5.52. The summed E-state index contributed by atoms with van der Waals surface area (Å²) in [6.45, 7) is 2.85. The molecule has 21 heavy (non-hydrogen) atoms. The van der Waals surface area contributed by atoms with Crippen LogP contribution >= 0.6 is 0 Å². The molecule has 1 aliphatic rings. The zero-order valence-corrected chi connectivity index (χ0v) is 12.5. The van der Waals surface area contributed by atoms with Gasteiger partial charge in [-0.1, -0.05) is 6.07 Å². The Morgan fingerprint density at radius 2 is 2.10 bits per heavy atom. The fraction of sp³-hybridized carbons (Fsp3) is 0.353. The molecule has 0 saturated carbocycles. The van der Waals surface area contributed by atoms with Crippen LogP contribution in [0.25, 0.3) is 0 Å². The number of hydrogen-bond donors (Lipinski definition) is 0. The van der Waals surface area contributed by atoms with Gasteiger partial charge in [0, 0.05) is 22.9 Å². The van der Waals surface area contributed by atoms with Gasteiger partial charge in [-0.25, -0.2) is 0 Å². The number of nitrogens with zero attached hydrogens (tertiary/aromatic N) is 2. The average molecular weight is 282 g/mol. The Bertz CT molecular complexity index is 727. The fourth-order valence-corrected chi connectivity index (χ4v) is 3.37. The largest absolute Gasteiger partial charge is 0.493 e. The highest BCUT2D eigenvalue weighted by molar-refractivity contribution is 5.57. The summed E-state index contributed by atoms with van der Waals surface area (Å²) in [4.78, 5) is 0. The van der Waals surface area contributed by atoms with E-state index in [0.29, 0.717) is 6.42 Å². The van der Waals surface area contributed by atoms with E-state index < -0.39 is 0 Å². The smallest absolute Gasteiger partial charge is 0.166 e. The predicted molar refractivity (Wildman–Crippen MR) is 79.8 cm³/mol. The Morgan fingerprint density at radius 3 is 2.76 bits per heavy atom. The molecule has 0 spiro atoms. The third kappa shape index (κ3) is 1.81. The molecule has 1 aliphatic heterocycles. The fourth-order valence-electron chi connectivity index (χ4n) is 3.37. The molecule has 0 radical (unpaired) electrons. The summed E-state index contributed by atoms with van der Waals surface area (Å²) in [5.74, 6) is 1.49. The first-order valence-corrected chi connectivity index (χ1v) is 6.92. The van der Waals surface area contributed by atoms with Crippen molar-refractivity contribution in [2.45, 2.75) is 25.3 Å². The molecule has 1 aromatic carbocycles. The Hall–Kier alpha value is -2.41. The molecule has 0 bridgehead atoms. The van der Waals surface area contributed by atoms with Gasteiger partial charge in [-0.15, -0.1) is 0 Å². The number of fused-ring (bicyclic) bond motifs is 2. The Balaban J connectivity index is 2.28. The minimum absolute atomic E-state index is 0.328. The standard InChI is InChI=1S/C17H18N2O2/c1-17(8-9-18)13-6-7-14(20-2)16(21-3)12(13)11-19-10-4-5-15(17)19/h4-7,10H,8,11H2,1-3H3. The topological polar surface area (TPSA) is 47.2 Å². The number of benzene rings is 1. The van der Waals surface area contributed by atoms with Gasteiger partial charge >= 0.3 is 0 Å². The Labute approximate surface area is 124 Å². The van der Waals surface area contributed by atoms with Crippen LogP contribution in [0.1, 0.15) is 30.2 Å². The van der Waals surface area contributed by atoms with Crippen molar-refractivity contribution < 1.29 is 9.47 Å². The summed E-state index contributed by atoms with van der Waals surface area (Å²) in [6, 6.07) is 10.4. The van der Waals surface area contributed by atoms with E-state index >= 15 is 0 Å². The summed E-state index contributed by atoms with van der Waals surface area (Å²) >= 11 is 0. The molecule has 0 amide bonds. The molecule has 108 valence electrons. The van der Waals surface area contributed by atoms with Gasteiger partial charge in [-0.05, 0) is 30.7 Å². The molecule has 0 aliphatic carbocycles.